The van der Waals surface area contributed by atoms with Crippen molar-refractivity contribution < 1.29 is 4.79 Å². The summed E-state index contributed by atoms with van der Waals surface area (Å²) < 4.78 is 0. The fourth-order valence-corrected chi connectivity index (χ4v) is 5.23. The highest BCUT2D eigenvalue weighted by molar-refractivity contribution is 7.99. The number of carbonyl (C=O) groups excluding carboxylic acids is 1. The maximum absolute atomic E-state index is 13.1. The van der Waals surface area contributed by atoms with Crippen molar-refractivity contribution in [1.29, 1.82) is 0 Å². The van der Waals surface area contributed by atoms with Gasteiger partial charge in [-0.05, 0) is 49.8 Å². The number of pyridine rings is 2. The molecule has 33 heavy (non-hydrogen) atoms. The number of nitrogens with zero attached hydrogens (tertiary/aromatic N) is 2. The lowest BCUT2D eigenvalue weighted by molar-refractivity contribution is 0.262. The molecule has 0 fully saturated rings. The SMILES string of the molecule is CSc1cc(C)nc(SC)c1NC(=O)Nc1cnc2ccc(Cl)cc2c1-c1ccccc1Cl. The molecule has 168 valence electrons. The van der Waals surface area contributed by atoms with Crippen LogP contribution in [0.4, 0.5) is 16.2 Å². The van der Waals surface area contributed by atoms with E-state index in [0.717, 1.165) is 37.6 Å². The van der Waals surface area contributed by atoms with Gasteiger partial charge in [-0.1, -0.05) is 41.4 Å². The van der Waals surface area contributed by atoms with Gasteiger partial charge in [0.05, 0.1) is 23.1 Å². The summed E-state index contributed by atoms with van der Waals surface area (Å²) in [6.07, 6.45) is 5.53. The number of amides is 2. The Morgan fingerprint density at radius 1 is 1.00 bits per heavy atom. The molecule has 0 radical (unpaired) electrons. The van der Waals surface area contributed by atoms with Crippen LogP contribution in [0.1, 0.15) is 5.69 Å². The number of halogens is 2. The highest BCUT2D eigenvalue weighted by Crippen LogP contribution is 2.39. The molecule has 0 bridgehead atoms. The van der Waals surface area contributed by atoms with Crippen molar-refractivity contribution in [2.45, 2.75) is 16.8 Å². The van der Waals surface area contributed by atoms with E-state index in [9.17, 15) is 4.79 Å². The lowest BCUT2D eigenvalue weighted by Gasteiger charge is -2.17. The Labute approximate surface area is 210 Å². The number of hydrogen-bond acceptors (Lipinski definition) is 5. The predicted molar refractivity (Wildman–Crippen MR) is 142 cm³/mol. The molecule has 0 aliphatic heterocycles. The number of benzene rings is 2. The molecule has 4 rings (SSSR count). The number of fused-ring (bicyclic) bond motifs is 1. The number of aryl methyl sites for hydroxylation is 1. The van der Waals surface area contributed by atoms with Crippen LogP contribution in [-0.4, -0.2) is 28.5 Å². The minimum atomic E-state index is -0.400. The summed E-state index contributed by atoms with van der Waals surface area (Å²) in [5.41, 5.74) is 4.36. The maximum atomic E-state index is 13.1. The van der Waals surface area contributed by atoms with E-state index in [2.05, 4.69) is 20.6 Å². The third kappa shape index (κ3) is 5.06. The van der Waals surface area contributed by atoms with Gasteiger partial charge >= 0.3 is 6.03 Å². The smallest absolute Gasteiger partial charge is 0.306 e. The Morgan fingerprint density at radius 3 is 2.52 bits per heavy atom. The Kier molecular flexibility index (Phi) is 7.34. The van der Waals surface area contributed by atoms with Crippen LogP contribution in [-0.2, 0) is 0 Å². The molecule has 2 amide bonds. The molecule has 2 aromatic carbocycles. The second-order valence-corrected chi connectivity index (χ2v) is 9.60. The quantitative estimate of drug-likeness (QED) is 0.264. The molecule has 0 spiro atoms. The van der Waals surface area contributed by atoms with Crippen molar-refractivity contribution in [2.24, 2.45) is 0 Å². The summed E-state index contributed by atoms with van der Waals surface area (Å²) in [6, 6.07) is 14.5. The lowest BCUT2D eigenvalue weighted by Crippen LogP contribution is -2.21. The van der Waals surface area contributed by atoms with Gasteiger partial charge in [0.25, 0.3) is 0 Å². The number of thioether (sulfide) groups is 2. The number of anilines is 2. The van der Waals surface area contributed by atoms with Gasteiger partial charge in [0.2, 0.25) is 0 Å². The standard InChI is InChI=1S/C24H20Cl2N4OS2/c1-13-10-20(32-2)22(23(28-13)33-3)30-24(31)29-19-12-27-18-9-8-14(25)11-16(18)21(19)15-6-4-5-7-17(15)26/h4-12H,1-3H3,(H2,29,30,31). The van der Waals surface area contributed by atoms with Crippen LogP contribution < -0.4 is 10.6 Å². The molecule has 9 heteroatoms. The number of rotatable bonds is 5. The van der Waals surface area contributed by atoms with Crippen molar-refractivity contribution in [3.63, 3.8) is 0 Å². The number of aromatic nitrogens is 2. The first-order valence-electron chi connectivity index (χ1n) is 9.92. The fraction of sp³-hybridized carbons (Fsp3) is 0.125. The summed E-state index contributed by atoms with van der Waals surface area (Å²) in [4.78, 5) is 23.1. The van der Waals surface area contributed by atoms with Crippen LogP contribution in [0.2, 0.25) is 10.0 Å². The maximum Gasteiger partial charge on any atom is 0.323 e. The van der Waals surface area contributed by atoms with Gasteiger partial charge in [0.1, 0.15) is 5.03 Å². The van der Waals surface area contributed by atoms with Gasteiger partial charge < -0.3 is 10.6 Å². The number of urea groups is 1. The minimum absolute atomic E-state index is 0.400. The predicted octanol–water partition coefficient (Wildman–Crippen LogP) is 8.00. The van der Waals surface area contributed by atoms with Gasteiger partial charge in [0.15, 0.2) is 0 Å². The van der Waals surface area contributed by atoms with E-state index in [1.54, 1.807) is 24.0 Å². The van der Waals surface area contributed by atoms with Gasteiger partial charge in [0, 0.05) is 37.1 Å². The Morgan fingerprint density at radius 2 is 1.79 bits per heavy atom. The van der Waals surface area contributed by atoms with Crippen LogP contribution in [0, 0.1) is 6.92 Å². The van der Waals surface area contributed by atoms with Crippen molar-refractivity contribution >= 4 is 75.0 Å². The van der Waals surface area contributed by atoms with Crippen LogP contribution in [0.5, 0.6) is 0 Å². The average Bonchev–Trinajstić information content (AvgIpc) is 2.80. The summed E-state index contributed by atoms with van der Waals surface area (Å²) >= 11 is 15.9. The summed E-state index contributed by atoms with van der Waals surface area (Å²) in [5, 5.41) is 8.60. The summed E-state index contributed by atoms with van der Waals surface area (Å²) in [7, 11) is 0. The second-order valence-electron chi connectivity index (χ2n) is 7.12. The van der Waals surface area contributed by atoms with Crippen LogP contribution in [0.15, 0.2) is 64.6 Å². The van der Waals surface area contributed by atoms with E-state index in [-0.39, 0.29) is 0 Å². The Bertz CT molecular complexity index is 1340. The molecule has 4 aromatic rings. The van der Waals surface area contributed by atoms with Crippen LogP contribution >= 0.6 is 46.7 Å². The Balaban J connectivity index is 1.78. The molecule has 0 aliphatic carbocycles. The van der Waals surface area contributed by atoms with Gasteiger partial charge in [-0.15, -0.1) is 23.5 Å². The first-order chi connectivity index (χ1) is 15.9. The fourth-order valence-electron chi connectivity index (χ4n) is 3.52. The molecule has 0 saturated heterocycles. The van der Waals surface area contributed by atoms with E-state index >= 15 is 0 Å². The number of carbonyl (C=O) groups is 1. The average molecular weight is 515 g/mol. The third-order valence-corrected chi connectivity index (χ3v) is 6.96. The molecule has 2 heterocycles. The highest BCUT2D eigenvalue weighted by atomic mass is 35.5. The van der Waals surface area contributed by atoms with Crippen molar-refractivity contribution in [3.05, 3.63) is 70.5 Å². The van der Waals surface area contributed by atoms with Gasteiger partial charge in [-0.25, -0.2) is 9.78 Å². The summed E-state index contributed by atoms with van der Waals surface area (Å²) in [6.45, 7) is 1.94. The van der Waals surface area contributed by atoms with E-state index in [1.807, 2.05) is 61.9 Å². The normalized spacial score (nSPS) is 10.9. The highest BCUT2D eigenvalue weighted by Gasteiger charge is 2.18. The van der Waals surface area contributed by atoms with Crippen molar-refractivity contribution in [3.8, 4) is 11.1 Å². The zero-order chi connectivity index (χ0) is 23.5. The van der Waals surface area contributed by atoms with Crippen LogP contribution in [0.25, 0.3) is 22.0 Å². The Hall–Kier alpha value is -2.45. The molecular formula is C24H20Cl2N4OS2. The molecule has 2 aromatic heterocycles. The molecule has 5 nitrogen and oxygen atoms in total. The van der Waals surface area contributed by atoms with Gasteiger partial charge in [-0.2, -0.15) is 0 Å². The van der Waals surface area contributed by atoms with E-state index in [1.165, 1.54) is 11.8 Å². The van der Waals surface area contributed by atoms with E-state index in [0.29, 0.717) is 21.4 Å². The van der Waals surface area contributed by atoms with Crippen molar-refractivity contribution in [2.75, 3.05) is 23.1 Å². The topological polar surface area (TPSA) is 66.9 Å². The number of hydrogen-bond donors (Lipinski definition) is 2. The lowest BCUT2D eigenvalue weighted by atomic mass is 9.99. The largest absolute Gasteiger partial charge is 0.323 e. The van der Waals surface area contributed by atoms with E-state index in [4.69, 9.17) is 23.2 Å². The molecule has 0 aliphatic rings. The minimum Gasteiger partial charge on any atom is -0.306 e. The van der Waals surface area contributed by atoms with Gasteiger partial charge in [-0.3, -0.25) is 4.98 Å². The monoisotopic (exact) mass is 514 g/mol. The van der Waals surface area contributed by atoms with Crippen LogP contribution in [0.3, 0.4) is 0 Å². The first kappa shape index (κ1) is 23.7. The van der Waals surface area contributed by atoms with E-state index < -0.39 is 6.03 Å². The molecule has 0 unspecified atom stereocenters. The number of nitrogens with one attached hydrogen (secondary N) is 2. The van der Waals surface area contributed by atoms with Crippen molar-refractivity contribution in [1.82, 2.24) is 9.97 Å². The third-order valence-electron chi connectivity index (χ3n) is 4.95. The molecule has 0 saturated carbocycles. The second kappa shape index (κ2) is 10.2. The molecule has 2 N–H and O–H groups in total. The molecule has 0 atom stereocenters. The molecular weight excluding hydrogens is 495 g/mol. The first-order valence-corrected chi connectivity index (χ1v) is 13.1. The zero-order valence-corrected chi connectivity index (χ0v) is 21.2. The summed E-state index contributed by atoms with van der Waals surface area (Å²) in [5.74, 6) is 0. The zero-order valence-electron chi connectivity index (χ0n) is 18.1.